The molecule has 0 saturated carbocycles. The van der Waals surface area contributed by atoms with E-state index in [2.05, 4.69) is 10.0 Å². The number of anilines is 1. The van der Waals surface area contributed by atoms with E-state index in [0.717, 1.165) is 16.9 Å². The monoisotopic (exact) mass is 438 g/mol. The molecule has 1 amide bonds. The van der Waals surface area contributed by atoms with Crippen LogP contribution in [-0.4, -0.2) is 20.9 Å². The topological polar surface area (TPSA) is 84.5 Å². The summed E-state index contributed by atoms with van der Waals surface area (Å²) in [6, 6.07) is 19.3. The van der Waals surface area contributed by atoms with Crippen molar-refractivity contribution < 1.29 is 17.9 Å². The van der Waals surface area contributed by atoms with Crippen LogP contribution in [0.15, 0.2) is 71.6 Å². The van der Waals surface area contributed by atoms with E-state index in [9.17, 15) is 13.2 Å². The van der Waals surface area contributed by atoms with Crippen molar-refractivity contribution in [3.05, 3.63) is 89.0 Å². The number of hydrogen-bond acceptors (Lipinski definition) is 4. The van der Waals surface area contributed by atoms with Gasteiger partial charge in [-0.1, -0.05) is 36.4 Å². The third-order valence-corrected chi connectivity index (χ3v) is 6.30. The van der Waals surface area contributed by atoms with Crippen LogP contribution in [-0.2, 0) is 16.6 Å². The molecule has 0 aliphatic carbocycles. The molecule has 2 N–H and O–H groups in total. The first-order valence-electron chi connectivity index (χ1n) is 9.99. The van der Waals surface area contributed by atoms with E-state index in [1.807, 2.05) is 50.2 Å². The molecule has 3 aromatic carbocycles. The Bertz CT molecular complexity index is 1190. The van der Waals surface area contributed by atoms with Gasteiger partial charge in [-0.15, -0.1) is 0 Å². The minimum absolute atomic E-state index is 0.0711. The molecule has 0 radical (unpaired) electrons. The summed E-state index contributed by atoms with van der Waals surface area (Å²) in [6.45, 7) is 6.30. The molecule has 31 heavy (non-hydrogen) atoms. The van der Waals surface area contributed by atoms with Crippen molar-refractivity contribution in [2.24, 2.45) is 0 Å². The smallest absolute Gasteiger partial charge is 0.262 e. The predicted octanol–water partition coefficient (Wildman–Crippen LogP) is 4.43. The normalized spacial score (nSPS) is 11.1. The molecule has 0 saturated heterocycles. The molecule has 0 aromatic heterocycles. The van der Waals surface area contributed by atoms with Crippen LogP contribution < -0.4 is 14.8 Å². The van der Waals surface area contributed by atoms with E-state index in [1.54, 1.807) is 31.2 Å². The van der Waals surface area contributed by atoms with Crippen molar-refractivity contribution in [2.45, 2.75) is 32.2 Å². The number of para-hydroxylation sites is 1. The molecule has 6 nitrogen and oxygen atoms in total. The van der Waals surface area contributed by atoms with Crippen LogP contribution in [0.4, 0.5) is 5.69 Å². The number of carbonyl (C=O) groups excluding carboxylic acids is 1. The third kappa shape index (κ3) is 5.64. The van der Waals surface area contributed by atoms with E-state index in [4.69, 9.17) is 4.74 Å². The highest BCUT2D eigenvalue weighted by molar-refractivity contribution is 7.92. The van der Waals surface area contributed by atoms with Gasteiger partial charge in [-0.25, -0.2) is 8.42 Å². The van der Waals surface area contributed by atoms with Gasteiger partial charge in [-0.3, -0.25) is 9.52 Å². The zero-order valence-electron chi connectivity index (χ0n) is 17.8. The molecule has 3 aromatic rings. The summed E-state index contributed by atoms with van der Waals surface area (Å²) in [5, 5.41) is 2.83. The lowest BCUT2D eigenvalue weighted by atomic mass is 10.1. The van der Waals surface area contributed by atoms with Crippen LogP contribution >= 0.6 is 0 Å². The van der Waals surface area contributed by atoms with Crippen LogP contribution in [0.1, 0.15) is 34.0 Å². The molecule has 0 unspecified atom stereocenters. The number of aryl methyl sites for hydroxylation is 2. The van der Waals surface area contributed by atoms with Gasteiger partial charge in [0.05, 0.1) is 17.2 Å². The first-order chi connectivity index (χ1) is 14.8. The molecular weight excluding hydrogens is 412 g/mol. The summed E-state index contributed by atoms with van der Waals surface area (Å²) in [5.41, 5.74) is 3.04. The SMILES string of the molecule is CCOc1cccc(CNC(=O)c2ccc(C)c(S(=O)(=O)Nc3ccccc3C)c2)c1. The summed E-state index contributed by atoms with van der Waals surface area (Å²) < 4.78 is 34.0. The highest BCUT2D eigenvalue weighted by Crippen LogP contribution is 2.23. The van der Waals surface area contributed by atoms with Crippen LogP contribution in [0, 0.1) is 13.8 Å². The van der Waals surface area contributed by atoms with Crippen molar-refractivity contribution in [1.82, 2.24) is 5.32 Å². The largest absolute Gasteiger partial charge is 0.494 e. The number of benzene rings is 3. The second-order valence-electron chi connectivity index (χ2n) is 7.16. The highest BCUT2D eigenvalue weighted by Gasteiger charge is 2.20. The zero-order valence-corrected chi connectivity index (χ0v) is 18.6. The highest BCUT2D eigenvalue weighted by atomic mass is 32.2. The summed E-state index contributed by atoms with van der Waals surface area (Å²) >= 11 is 0. The van der Waals surface area contributed by atoms with E-state index in [1.165, 1.54) is 6.07 Å². The molecule has 0 fully saturated rings. The van der Waals surface area contributed by atoms with Crippen LogP contribution in [0.25, 0.3) is 0 Å². The Morgan fingerprint density at radius 1 is 0.935 bits per heavy atom. The number of rotatable bonds is 8. The minimum atomic E-state index is -3.85. The minimum Gasteiger partial charge on any atom is -0.494 e. The predicted molar refractivity (Wildman–Crippen MR) is 122 cm³/mol. The van der Waals surface area contributed by atoms with E-state index < -0.39 is 10.0 Å². The first-order valence-corrected chi connectivity index (χ1v) is 11.5. The molecular formula is C24H26N2O4S. The maximum absolute atomic E-state index is 13.0. The van der Waals surface area contributed by atoms with Gasteiger partial charge >= 0.3 is 0 Å². The van der Waals surface area contributed by atoms with Crippen molar-refractivity contribution in [2.75, 3.05) is 11.3 Å². The van der Waals surface area contributed by atoms with Crippen LogP contribution in [0.2, 0.25) is 0 Å². The average molecular weight is 439 g/mol. The molecule has 0 bridgehead atoms. The van der Waals surface area contributed by atoms with E-state index in [-0.39, 0.29) is 16.4 Å². The van der Waals surface area contributed by atoms with E-state index >= 15 is 0 Å². The van der Waals surface area contributed by atoms with Gasteiger partial charge in [-0.05, 0) is 67.8 Å². The number of carbonyl (C=O) groups is 1. The molecule has 0 spiro atoms. The average Bonchev–Trinajstić information content (AvgIpc) is 2.74. The summed E-state index contributed by atoms with van der Waals surface area (Å²) in [4.78, 5) is 12.7. The van der Waals surface area contributed by atoms with Gasteiger partial charge in [0.1, 0.15) is 5.75 Å². The van der Waals surface area contributed by atoms with Crippen LogP contribution in [0.3, 0.4) is 0 Å². The van der Waals surface area contributed by atoms with Crippen molar-refractivity contribution in [3.63, 3.8) is 0 Å². The molecule has 0 atom stereocenters. The van der Waals surface area contributed by atoms with Crippen molar-refractivity contribution >= 4 is 21.6 Å². The lowest BCUT2D eigenvalue weighted by Gasteiger charge is -2.14. The number of sulfonamides is 1. The second-order valence-corrected chi connectivity index (χ2v) is 8.81. The standard InChI is InChI=1S/C24H26N2O4S/c1-4-30-21-10-7-9-19(14-21)16-25-24(27)20-13-12-18(3)23(15-20)31(28,29)26-22-11-6-5-8-17(22)2/h5-15,26H,4,16H2,1-3H3,(H,25,27). The maximum atomic E-state index is 13.0. The number of amides is 1. The Hall–Kier alpha value is -3.32. The van der Waals surface area contributed by atoms with Gasteiger partial charge in [0.2, 0.25) is 0 Å². The van der Waals surface area contributed by atoms with Gasteiger partial charge in [0, 0.05) is 12.1 Å². The summed E-state index contributed by atoms with van der Waals surface area (Å²) in [6.07, 6.45) is 0. The second kappa shape index (κ2) is 9.66. The number of hydrogen-bond donors (Lipinski definition) is 2. The fourth-order valence-electron chi connectivity index (χ4n) is 3.11. The summed E-state index contributed by atoms with van der Waals surface area (Å²) in [7, 11) is -3.85. The van der Waals surface area contributed by atoms with Gasteiger partial charge in [0.15, 0.2) is 0 Å². The number of ether oxygens (including phenoxy) is 1. The first kappa shape index (κ1) is 22.4. The quantitative estimate of drug-likeness (QED) is 0.545. The fraction of sp³-hybridized carbons (Fsp3) is 0.208. The Morgan fingerprint density at radius 2 is 1.71 bits per heavy atom. The third-order valence-electron chi connectivity index (χ3n) is 4.79. The van der Waals surface area contributed by atoms with Crippen molar-refractivity contribution in [3.8, 4) is 5.75 Å². The lowest BCUT2D eigenvalue weighted by molar-refractivity contribution is 0.0950. The Labute approximate surface area is 183 Å². The Balaban J connectivity index is 1.77. The molecule has 7 heteroatoms. The Kier molecular flexibility index (Phi) is 6.97. The summed E-state index contributed by atoms with van der Waals surface area (Å²) in [5.74, 6) is 0.384. The number of nitrogens with one attached hydrogen (secondary N) is 2. The molecule has 3 rings (SSSR count). The fourth-order valence-corrected chi connectivity index (χ4v) is 4.52. The Morgan fingerprint density at radius 3 is 2.45 bits per heavy atom. The maximum Gasteiger partial charge on any atom is 0.262 e. The molecule has 0 heterocycles. The molecule has 0 aliphatic heterocycles. The van der Waals surface area contributed by atoms with E-state index in [0.29, 0.717) is 24.4 Å². The molecule has 0 aliphatic rings. The van der Waals surface area contributed by atoms with Crippen molar-refractivity contribution in [1.29, 1.82) is 0 Å². The van der Waals surface area contributed by atoms with Gasteiger partial charge < -0.3 is 10.1 Å². The lowest BCUT2D eigenvalue weighted by Crippen LogP contribution is -2.23. The van der Waals surface area contributed by atoms with Gasteiger partial charge in [-0.2, -0.15) is 0 Å². The zero-order chi connectivity index (χ0) is 22.4. The molecule has 162 valence electrons. The van der Waals surface area contributed by atoms with Gasteiger partial charge in [0.25, 0.3) is 15.9 Å². The van der Waals surface area contributed by atoms with Crippen LogP contribution in [0.5, 0.6) is 5.75 Å².